The maximum Gasteiger partial charge on any atom is 0.296 e. The molecule has 0 fully saturated rings. The number of thioether (sulfide) groups is 1. The van der Waals surface area contributed by atoms with Crippen LogP contribution in [0.15, 0.2) is 46.2 Å². The van der Waals surface area contributed by atoms with Crippen LogP contribution in [0.2, 0.25) is 5.02 Å². The van der Waals surface area contributed by atoms with Crippen molar-refractivity contribution in [3.05, 3.63) is 47.8 Å². The van der Waals surface area contributed by atoms with Crippen LogP contribution < -0.4 is 5.32 Å². The zero-order valence-corrected chi connectivity index (χ0v) is 15.5. The van der Waals surface area contributed by atoms with Gasteiger partial charge in [0.2, 0.25) is 0 Å². The lowest BCUT2D eigenvalue weighted by molar-refractivity contribution is 0.592. The Labute approximate surface area is 158 Å². The largest absolute Gasteiger partial charge is 0.424 e. The van der Waals surface area contributed by atoms with E-state index in [9.17, 15) is 0 Å². The van der Waals surface area contributed by atoms with E-state index >= 15 is 0 Å². The van der Waals surface area contributed by atoms with Gasteiger partial charge in [-0.1, -0.05) is 11.6 Å². The lowest BCUT2D eigenvalue weighted by atomic mass is 10.3. The SMILES string of the molecule is CSc1cc2oc(N[C@@H](C)c3ncnn3-c3ncccn3)nc2cc1Cl. The lowest BCUT2D eigenvalue weighted by Gasteiger charge is -2.11. The molecule has 1 aromatic carbocycles. The third kappa shape index (κ3) is 3.11. The van der Waals surface area contributed by atoms with Crippen LogP contribution in [0.4, 0.5) is 6.01 Å². The van der Waals surface area contributed by atoms with E-state index in [-0.39, 0.29) is 6.04 Å². The first-order valence-corrected chi connectivity index (χ1v) is 9.34. The zero-order valence-electron chi connectivity index (χ0n) is 13.9. The van der Waals surface area contributed by atoms with Gasteiger partial charge in [0.05, 0.1) is 11.1 Å². The second-order valence-corrected chi connectivity index (χ2v) is 6.67. The van der Waals surface area contributed by atoms with Crippen LogP contribution in [-0.2, 0) is 0 Å². The molecule has 3 aromatic heterocycles. The number of fused-ring (bicyclic) bond motifs is 1. The fourth-order valence-corrected chi connectivity index (χ4v) is 3.37. The number of oxazole rings is 1. The Morgan fingerprint density at radius 1 is 1.23 bits per heavy atom. The van der Waals surface area contributed by atoms with Crippen molar-refractivity contribution in [2.45, 2.75) is 17.9 Å². The first-order valence-electron chi connectivity index (χ1n) is 7.73. The van der Waals surface area contributed by atoms with Gasteiger partial charge in [0.15, 0.2) is 11.4 Å². The molecule has 0 bridgehead atoms. The van der Waals surface area contributed by atoms with Gasteiger partial charge in [0.25, 0.3) is 12.0 Å². The van der Waals surface area contributed by atoms with Crippen molar-refractivity contribution in [2.24, 2.45) is 0 Å². The number of aromatic nitrogens is 6. The molecule has 4 aromatic rings. The van der Waals surface area contributed by atoms with E-state index in [2.05, 4.69) is 30.4 Å². The Hall–Kier alpha value is -2.65. The molecule has 1 N–H and O–H groups in total. The normalized spacial score (nSPS) is 12.4. The number of nitrogens with one attached hydrogen (secondary N) is 1. The maximum atomic E-state index is 6.23. The maximum absolute atomic E-state index is 6.23. The molecule has 26 heavy (non-hydrogen) atoms. The molecule has 0 radical (unpaired) electrons. The minimum atomic E-state index is -0.232. The summed E-state index contributed by atoms with van der Waals surface area (Å²) in [7, 11) is 0. The second-order valence-electron chi connectivity index (χ2n) is 5.42. The average Bonchev–Trinajstić information content (AvgIpc) is 3.28. The van der Waals surface area contributed by atoms with Crippen molar-refractivity contribution in [2.75, 3.05) is 11.6 Å². The van der Waals surface area contributed by atoms with Crippen LogP contribution in [0, 0.1) is 0 Å². The average molecular weight is 388 g/mol. The van der Waals surface area contributed by atoms with Gasteiger partial charge >= 0.3 is 0 Å². The summed E-state index contributed by atoms with van der Waals surface area (Å²) in [6.45, 7) is 1.93. The van der Waals surface area contributed by atoms with Gasteiger partial charge in [0, 0.05) is 17.3 Å². The van der Waals surface area contributed by atoms with Crippen molar-refractivity contribution in [1.29, 1.82) is 0 Å². The van der Waals surface area contributed by atoms with E-state index < -0.39 is 0 Å². The molecule has 0 aliphatic rings. The molecule has 0 saturated heterocycles. The molecule has 0 aliphatic heterocycles. The molecule has 0 saturated carbocycles. The van der Waals surface area contributed by atoms with E-state index in [4.69, 9.17) is 16.0 Å². The number of hydrogen-bond donors (Lipinski definition) is 1. The summed E-state index contributed by atoms with van der Waals surface area (Å²) in [6, 6.07) is 5.57. The highest BCUT2D eigenvalue weighted by Gasteiger charge is 2.18. The van der Waals surface area contributed by atoms with E-state index in [1.807, 2.05) is 19.2 Å². The molecular formula is C16H14ClN7OS. The minimum Gasteiger partial charge on any atom is -0.424 e. The van der Waals surface area contributed by atoms with Gasteiger partial charge in [-0.2, -0.15) is 14.8 Å². The molecule has 4 rings (SSSR count). The Balaban J connectivity index is 1.62. The summed E-state index contributed by atoms with van der Waals surface area (Å²) in [5.74, 6) is 1.09. The van der Waals surface area contributed by atoms with Crippen LogP contribution in [0.3, 0.4) is 0 Å². The number of benzene rings is 1. The summed E-state index contributed by atoms with van der Waals surface area (Å²) in [4.78, 5) is 18.1. The summed E-state index contributed by atoms with van der Waals surface area (Å²) < 4.78 is 7.37. The number of anilines is 1. The molecule has 0 unspecified atom stereocenters. The van der Waals surface area contributed by atoms with E-state index in [1.54, 1.807) is 41.0 Å². The van der Waals surface area contributed by atoms with Crippen LogP contribution in [0.25, 0.3) is 17.0 Å². The quantitative estimate of drug-likeness (QED) is 0.517. The van der Waals surface area contributed by atoms with Crippen molar-refractivity contribution in [1.82, 2.24) is 29.7 Å². The number of halogens is 1. The van der Waals surface area contributed by atoms with Gasteiger partial charge in [-0.15, -0.1) is 11.8 Å². The molecule has 10 heteroatoms. The molecule has 8 nitrogen and oxygen atoms in total. The number of hydrogen-bond acceptors (Lipinski definition) is 8. The lowest BCUT2D eigenvalue weighted by Crippen LogP contribution is -2.15. The first-order chi connectivity index (χ1) is 12.7. The van der Waals surface area contributed by atoms with Crippen LogP contribution in [-0.4, -0.2) is 36.0 Å². The molecule has 132 valence electrons. The van der Waals surface area contributed by atoms with E-state index in [0.717, 1.165) is 4.90 Å². The zero-order chi connectivity index (χ0) is 18.1. The van der Waals surface area contributed by atoms with Crippen molar-refractivity contribution in [3.8, 4) is 5.95 Å². The fourth-order valence-electron chi connectivity index (χ4n) is 2.50. The number of nitrogens with zero attached hydrogens (tertiary/aromatic N) is 6. The highest BCUT2D eigenvalue weighted by atomic mass is 35.5. The Morgan fingerprint density at radius 3 is 2.81 bits per heavy atom. The minimum absolute atomic E-state index is 0.232. The summed E-state index contributed by atoms with van der Waals surface area (Å²) in [5, 5.41) is 8.04. The van der Waals surface area contributed by atoms with Gasteiger partial charge in [0.1, 0.15) is 11.8 Å². The molecule has 1 atom stereocenters. The molecular weight excluding hydrogens is 374 g/mol. The standard InChI is InChI=1S/C16H14ClN7OS/c1-9(14-20-8-21-24(14)15-18-4-3-5-19-15)22-16-23-11-6-10(17)13(26-2)7-12(11)25-16/h3-9H,1-2H3,(H,22,23)/t9-/m0/s1. The van der Waals surface area contributed by atoms with Gasteiger partial charge in [-0.3, -0.25) is 0 Å². The third-order valence-corrected chi connectivity index (χ3v) is 4.91. The third-order valence-electron chi connectivity index (χ3n) is 3.71. The Morgan fingerprint density at radius 2 is 2.04 bits per heavy atom. The Bertz CT molecular complexity index is 1050. The van der Waals surface area contributed by atoms with Crippen LogP contribution >= 0.6 is 23.4 Å². The number of rotatable bonds is 5. The van der Waals surface area contributed by atoms with Gasteiger partial charge < -0.3 is 9.73 Å². The molecule has 0 amide bonds. The van der Waals surface area contributed by atoms with Gasteiger partial charge in [-0.05, 0) is 31.4 Å². The molecule has 0 aliphatic carbocycles. The first kappa shape index (κ1) is 16.8. The van der Waals surface area contributed by atoms with Crippen molar-refractivity contribution < 1.29 is 4.42 Å². The monoisotopic (exact) mass is 387 g/mol. The smallest absolute Gasteiger partial charge is 0.296 e. The van der Waals surface area contributed by atoms with Crippen molar-refractivity contribution >= 4 is 40.5 Å². The molecule has 3 heterocycles. The fraction of sp³-hybridized carbons (Fsp3) is 0.188. The van der Waals surface area contributed by atoms with Gasteiger partial charge in [-0.25, -0.2) is 15.0 Å². The summed E-state index contributed by atoms with van der Waals surface area (Å²) in [6.07, 6.45) is 6.73. The topological polar surface area (TPSA) is 94.6 Å². The predicted molar refractivity (Wildman–Crippen MR) is 99.8 cm³/mol. The Kier molecular flexibility index (Phi) is 4.48. The van der Waals surface area contributed by atoms with Crippen LogP contribution in [0.1, 0.15) is 18.8 Å². The van der Waals surface area contributed by atoms with E-state index in [0.29, 0.717) is 33.9 Å². The summed E-state index contributed by atoms with van der Waals surface area (Å²) in [5.41, 5.74) is 1.36. The van der Waals surface area contributed by atoms with Crippen LogP contribution in [0.5, 0.6) is 0 Å². The highest BCUT2D eigenvalue weighted by Crippen LogP contribution is 2.32. The highest BCUT2D eigenvalue weighted by molar-refractivity contribution is 7.98. The van der Waals surface area contributed by atoms with E-state index in [1.165, 1.54) is 6.33 Å². The molecule has 0 spiro atoms. The summed E-state index contributed by atoms with van der Waals surface area (Å²) >= 11 is 7.79. The van der Waals surface area contributed by atoms with Crippen molar-refractivity contribution in [3.63, 3.8) is 0 Å². The predicted octanol–water partition coefficient (Wildman–Crippen LogP) is 3.75. The second kappa shape index (κ2) is 6.93.